The second kappa shape index (κ2) is 8.14. The first-order valence-corrected chi connectivity index (χ1v) is 6.91. The number of para-hydroxylation sites is 1. The van der Waals surface area contributed by atoms with Crippen molar-refractivity contribution < 1.29 is 9.72 Å². The highest BCUT2D eigenvalue weighted by atomic mass is 16.6. The molecular formula is C14H21N3O3. The van der Waals surface area contributed by atoms with Crippen LogP contribution in [-0.2, 0) is 0 Å². The molecule has 0 heterocycles. The molecule has 0 aliphatic rings. The Morgan fingerprint density at radius 3 is 2.60 bits per heavy atom. The lowest BCUT2D eigenvalue weighted by Gasteiger charge is -2.09. The molecule has 0 aliphatic carbocycles. The van der Waals surface area contributed by atoms with Crippen LogP contribution in [0.4, 0.5) is 11.4 Å². The number of hydrogen-bond acceptors (Lipinski definition) is 4. The molecule has 2 N–H and O–H groups in total. The molecule has 0 fully saturated rings. The fourth-order valence-electron chi connectivity index (χ4n) is 1.80. The Balaban J connectivity index is 2.99. The molecule has 0 aromatic heterocycles. The number of hydrogen-bond donors (Lipinski definition) is 2. The van der Waals surface area contributed by atoms with Gasteiger partial charge in [0.1, 0.15) is 11.3 Å². The smallest absolute Gasteiger partial charge is 0.305 e. The van der Waals surface area contributed by atoms with Crippen LogP contribution in [0.15, 0.2) is 18.2 Å². The summed E-state index contributed by atoms with van der Waals surface area (Å²) in [4.78, 5) is 22.7. The van der Waals surface area contributed by atoms with Gasteiger partial charge >= 0.3 is 5.69 Å². The molecule has 0 saturated carbocycles. The van der Waals surface area contributed by atoms with Gasteiger partial charge in [0.2, 0.25) is 0 Å². The van der Waals surface area contributed by atoms with Gasteiger partial charge in [-0.3, -0.25) is 14.9 Å². The van der Waals surface area contributed by atoms with E-state index in [2.05, 4.69) is 10.6 Å². The predicted octanol–water partition coefficient (Wildman–Crippen LogP) is 2.95. The first-order valence-electron chi connectivity index (χ1n) is 6.91. The largest absolute Gasteiger partial charge is 0.379 e. The highest BCUT2D eigenvalue weighted by molar-refractivity contribution is 6.00. The number of nitro groups is 1. The molecule has 1 rings (SSSR count). The van der Waals surface area contributed by atoms with Crippen molar-refractivity contribution in [1.82, 2.24) is 5.32 Å². The van der Waals surface area contributed by atoms with Gasteiger partial charge in [-0.05, 0) is 25.0 Å². The molecule has 0 radical (unpaired) electrons. The zero-order valence-corrected chi connectivity index (χ0v) is 11.9. The van der Waals surface area contributed by atoms with Crippen LogP contribution in [0.1, 0.15) is 43.5 Å². The van der Waals surface area contributed by atoms with Crippen molar-refractivity contribution in [3.8, 4) is 0 Å². The molecule has 110 valence electrons. The van der Waals surface area contributed by atoms with Crippen LogP contribution in [0.3, 0.4) is 0 Å². The number of anilines is 1. The second-order valence-electron chi connectivity index (χ2n) is 4.50. The normalized spacial score (nSPS) is 10.1. The van der Waals surface area contributed by atoms with Crippen LogP contribution in [0.5, 0.6) is 0 Å². The van der Waals surface area contributed by atoms with Gasteiger partial charge in [0, 0.05) is 13.1 Å². The summed E-state index contributed by atoms with van der Waals surface area (Å²) in [5, 5.41) is 16.9. The van der Waals surface area contributed by atoms with E-state index in [1.54, 1.807) is 12.1 Å². The third-order valence-corrected chi connectivity index (χ3v) is 2.84. The van der Waals surface area contributed by atoms with Crippen LogP contribution in [0.25, 0.3) is 0 Å². The lowest BCUT2D eigenvalue weighted by molar-refractivity contribution is -0.384. The van der Waals surface area contributed by atoms with Crippen molar-refractivity contribution in [2.24, 2.45) is 0 Å². The van der Waals surface area contributed by atoms with Gasteiger partial charge in [-0.2, -0.15) is 0 Å². The maximum Gasteiger partial charge on any atom is 0.305 e. The number of carbonyl (C=O) groups is 1. The van der Waals surface area contributed by atoms with E-state index in [-0.39, 0.29) is 11.3 Å². The first kappa shape index (κ1) is 15.9. The topological polar surface area (TPSA) is 84.3 Å². The van der Waals surface area contributed by atoms with Crippen molar-refractivity contribution in [2.75, 3.05) is 18.4 Å². The number of benzene rings is 1. The van der Waals surface area contributed by atoms with E-state index < -0.39 is 10.8 Å². The van der Waals surface area contributed by atoms with Gasteiger partial charge in [0.15, 0.2) is 0 Å². The van der Waals surface area contributed by atoms with E-state index in [0.29, 0.717) is 18.8 Å². The van der Waals surface area contributed by atoms with Crippen LogP contribution in [0, 0.1) is 10.1 Å². The lowest BCUT2D eigenvalue weighted by atomic mass is 10.1. The van der Waals surface area contributed by atoms with Gasteiger partial charge in [-0.25, -0.2) is 0 Å². The van der Waals surface area contributed by atoms with Crippen molar-refractivity contribution >= 4 is 17.3 Å². The van der Waals surface area contributed by atoms with Crippen LogP contribution in [-0.4, -0.2) is 23.9 Å². The highest BCUT2D eigenvalue weighted by Crippen LogP contribution is 2.28. The van der Waals surface area contributed by atoms with Gasteiger partial charge in [-0.1, -0.05) is 26.3 Å². The van der Waals surface area contributed by atoms with Crippen molar-refractivity contribution in [3.63, 3.8) is 0 Å². The summed E-state index contributed by atoms with van der Waals surface area (Å²) in [5.41, 5.74) is 0.335. The molecule has 6 heteroatoms. The predicted molar refractivity (Wildman–Crippen MR) is 79.1 cm³/mol. The molecule has 20 heavy (non-hydrogen) atoms. The lowest BCUT2D eigenvalue weighted by Crippen LogP contribution is -2.25. The molecule has 1 amide bonds. The Bertz CT molecular complexity index is 475. The number of nitrogens with zero attached hydrogens (tertiary/aromatic N) is 1. The Kier molecular flexibility index (Phi) is 6.49. The van der Waals surface area contributed by atoms with Gasteiger partial charge in [-0.15, -0.1) is 0 Å². The summed E-state index contributed by atoms with van der Waals surface area (Å²) < 4.78 is 0. The van der Waals surface area contributed by atoms with Gasteiger partial charge in [0.05, 0.1) is 4.92 Å². The molecule has 1 aromatic rings. The molecule has 0 unspecified atom stereocenters. The third-order valence-electron chi connectivity index (χ3n) is 2.84. The minimum absolute atomic E-state index is 0.104. The maximum atomic E-state index is 12.0. The molecule has 6 nitrogen and oxygen atoms in total. The van der Waals surface area contributed by atoms with E-state index in [1.165, 1.54) is 6.07 Å². The number of unbranched alkanes of at least 4 members (excludes halogenated alkanes) is 1. The summed E-state index contributed by atoms with van der Waals surface area (Å²) in [5.74, 6) is -0.398. The average molecular weight is 279 g/mol. The van der Waals surface area contributed by atoms with Crippen LogP contribution >= 0.6 is 0 Å². The van der Waals surface area contributed by atoms with E-state index in [1.807, 2.05) is 13.8 Å². The van der Waals surface area contributed by atoms with Crippen molar-refractivity contribution in [3.05, 3.63) is 33.9 Å². The minimum Gasteiger partial charge on any atom is -0.379 e. The number of nitro benzene ring substituents is 1. The summed E-state index contributed by atoms with van der Waals surface area (Å²) in [6.07, 6.45) is 2.66. The third kappa shape index (κ3) is 4.22. The summed E-state index contributed by atoms with van der Waals surface area (Å²) in [6, 6.07) is 4.76. The van der Waals surface area contributed by atoms with Crippen LogP contribution < -0.4 is 10.6 Å². The summed E-state index contributed by atoms with van der Waals surface area (Å²) in [7, 11) is 0. The minimum atomic E-state index is -0.507. The summed E-state index contributed by atoms with van der Waals surface area (Å²) in [6.45, 7) is 5.14. The molecule has 1 aromatic carbocycles. The van der Waals surface area contributed by atoms with E-state index >= 15 is 0 Å². The number of carbonyl (C=O) groups excluding carboxylic acids is 1. The number of amides is 1. The SMILES string of the molecule is CCCCNC(=O)c1cccc(NCCC)c1[N+](=O)[O-]. The average Bonchev–Trinajstić information content (AvgIpc) is 2.44. The molecule has 0 bridgehead atoms. The molecule has 0 spiro atoms. The standard InChI is InChI=1S/C14H21N3O3/c1-3-5-10-16-14(18)11-7-6-8-12(15-9-4-2)13(11)17(19)20/h6-8,15H,3-5,9-10H2,1-2H3,(H,16,18). The maximum absolute atomic E-state index is 12.0. The second-order valence-corrected chi connectivity index (χ2v) is 4.50. The fourth-order valence-corrected chi connectivity index (χ4v) is 1.80. The Morgan fingerprint density at radius 1 is 1.25 bits per heavy atom. The van der Waals surface area contributed by atoms with Crippen molar-refractivity contribution in [2.45, 2.75) is 33.1 Å². The van der Waals surface area contributed by atoms with Crippen molar-refractivity contribution in [1.29, 1.82) is 0 Å². The molecule has 0 aliphatic heterocycles. The zero-order chi connectivity index (χ0) is 15.0. The fraction of sp³-hybridized carbons (Fsp3) is 0.500. The summed E-state index contributed by atoms with van der Waals surface area (Å²) >= 11 is 0. The molecular weight excluding hydrogens is 258 g/mol. The Hall–Kier alpha value is -2.11. The van der Waals surface area contributed by atoms with E-state index in [0.717, 1.165) is 19.3 Å². The Labute approximate surface area is 118 Å². The first-order chi connectivity index (χ1) is 9.61. The van der Waals surface area contributed by atoms with E-state index in [4.69, 9.17) is 0 Å². The quantitative estimate of drug-likeness (QED) is 0.435. The van der Waals surface area contributed by atoms with Crippen LogP contribution in [0.2, 0.25) is 0 Å². The number of rotatable bonds is 8. The highest BCUT2D eigenvalue weighted by Gasteiger charge is 2.23. The number of nitrogens with one attached hydrogen (secondary N) is 2. The van der Waals surface area contributed by atoms with Gasteiger partial charge in [0.25, 0.3) is 5.91 Å². The molecule has 0 saturated heterocycles. The molecule has 0 atom stereocenters. The Morgan fingerprint density at radius 2 is 2.00 bits per heavy atom. The monoisotopic (exact) mass is 279 g/mol. The van der Waals surface area contributed by atoms with E-state index in [9.17, 15) is 14.9 Å². The zero-order valence-electron chi connectivity index (χ0n) is 11.9. The van der Waals surface area contributed by atoms with Gasteiger partial charge < -0.3 is 10.6 Å².